The zero-order valence-corrected chi connectivity index (χ0v) is 12.3. The first kappa shape index (κ1) is 15.0. The van der Waals surface area contributed by atoms with Gasteiger partial charge in [0.05, 0.1) is 18.4 Å². The molecule has 3 rings (SSSR count). The molecular formula is C18H13F2NO2. The second-order valence-corrected chi connectivity index (χ2v) is 4.98. The Morgan fingerprint density at radius 3 is 2.35 bits per heavy atom. The molecule has 0 radical (unpaired) electrons. The highest BCUT2D eigenvalue weighted by Gasteiger charge is 2.15. The largest absolute Gasteiger partial charge is 0.496 e. The fraction of sp³-hybridized carbons (Fsp3) is 0.0556. The van der Waals surface area contributed by atoms with Crippen LogP contribution in [0.25, 0.3) is 10.8 Å². The second-order valence-electron chi connectivity index (χ2n) is 4.98. The van der Waals surface area contributed by atoms with Crippen molar-refractivity contribution in [2.24, 2.45) is 0 Å². The lowest BCUT2D eigenvalue weighted by Gasteiger charge is -2.11. The Hall–Kier alpha value is -2.95. The smallest absolute Gasteiger partial charge is 0.259 e. The van der Waals surface area contributed by atoms with Gasteiger partial charge in [0.15, 0.2) is 0 Å². The number of halogens is 2. The number of fused-ring (bicyclic) bond motifs is 1. The van der Waals surface area contributed by atoms with Crippen molar-refractivity contribution in [2.45, 2.75) is 0 Å². The zero-order chi connectivity index (χ0) is 16.4. The molecule has 0 spiro atoms. The molecule has 0 saturated heterocycles. The Labute approximate surface area is 131 Å². The van der Waals surface area contributed by atoms with Gasteiger partial charge in [-0.05, 0) is 35.0 Å². The van der Waals surface area contributed by atoms with Crippen molar-refractivity contribution in [1.82, 2.24) is 0 Å². The maximum Gasteiger partial charge on any atom is 0.259 e. The first-order valence-corrected chi connectivity index (χ1v) is 6.91. The predicted molar refractivity (Wildman–Crippen MR) is 84.8 cm³/mol. The number of nitrogens with one attached hydrogen (secondary N) is 1. The molecule has 0 aliphatic rings. The van der Waals surface area contributed by atoms with Crippen LogP contribution in [0, 0.1) is 11.6 Å². The maximum absolute atomic E-state index is 13.7. The minimum atomic E-state index is -0.835. The van der Waals surface area contributed by atoms with E-state index in [0.29, 0.717) is 11.8 Å². The van der Waals surface area contributed by atoms with Gasteiger partial charge in [0.25, 0.3) is 5.91 Å². The standard InChI is InChI=1S/C18H13F2NO2/c1-23-17-9-12-5-3-2-4-11(12)8-14(17)18(22)21-16-7-6-13(19)10-15(16)20/h2-10H,1H3,(H,21,22). The van der Waals surface area contributed by atoms with E-state index in [9.17, 15) is 13.6 Å². The lowest BCUT2D eigenvalue weighted by Crippen LogP contribution is -2.14. The highest BCUT2D eigenvalue weighted by molar-refractivity contribution is 6.08. The van der Waals surface area contributed by atoms with Crippen molar-refractivity contribution in [2.75, 3.05) is 12.4 Å². The molecule has 1 amide bonds. The number of rotatable bonds is 3. The quantitative estimate of drug-likeness (QED) is 0.779. The zero-order valence-electron chi connectivity index (χ0n) is 12.3. The third-order valence-electron chi connectivity index (χ3n) is 3.49. The van der Waals surface area contributed by atoms with Crippen molar-refractivity contribution in [1.29, 1.82) is 0 Å². The molecule has 0 saturated carbocycles. The van der Waals surface area contributed by atoms with Gasteiger partial charge in [-0.2, -0.15) is 0 Å². The molecule has 0 atom stereocenters. The van der Waals surface area contributed by atoms with Crippen molar-refractivity contribution in [3.63, 3.8) is 0 Å². The summed E-state index contributed by atoms with van der Waals surface area (Å²) >= 11 is 0. The molecule has 3 aromatic carbocycles. The number of benzene rings is 3. The molecule has 3 aromatic rings. The number of methoxy groups -OCH3 is 1. The molecule has 0 bridgehead atoms. The van der Waals surface area contributed by atoms with Gasteiger partial charge in [0.2, 0.25) is 0 Å². The fourth-order valence-corrected chi connectivity index (χ4v) is 2.35. The van der Waals surface area contributed by atoms with E-state index < -0.39 is 17.5 Å². The van der Waals surface area contributed by atoms with Gasteiger partial charge < -0.3 is 10.1 Å². The van der Waals surface area contributed by atoms with Crippen LogP contribution in [0.1, 0.15) is 10.4 Å². The minimum absolute atomic E-state index is 0.0911. The molecular weight excluding hydrogens is 300 g/mol. The SMILES string of the molecule is COc1cc2ccccc2cc1C(=O)Nc1ccc(F)cc1F. The average Bonchev–Trinajstić information content (AvgIpc) is 2.56. The van der Waals surface area contributed by atoms with Crippen molar-refractivity contribution < 1.29 is 18.3 Å². The van der Waals surface area contributed by atoms with Gasteiger partial charge in [-0.25, -0.2) is 8.78 Å². The average molecular weight is 313 g/mol. The van der Waals surface area contributed by atoms with E-state index in [4.69, 9.17) is 4.74 Å². The van der Waals surface area contributed by atoms with Gasteiger partial charge >= 0.3 is 0 Å². The van der Waals surface area contributed by atoms with Crippen LogP contribution in [0.4, 0.5) is 14.5 Å². The molecule has 1 N–H and O–H groups in total. The Morgan fingerprint density at radius 1 is 1.00 bits per heavy atom. The van der Waals surface area contributed by atoms with Gasteiger partial charge in [-0.15, -0.1) is 0 Å². The van der Waals surface area contributed by atoms with Gasteiger partial charge in [0.1, 0.15) is 17.4 Å². The highest BCUT2D eigenvalue weighted by Crippen LogP contribution is 2.27. The van der Waals surface area contributed by atoms with Crippen molar-refractivity contribution in [3.8, 4) is 5.75 Å². The van der Waals surface area contributed by atoms with Crippen LogP contribution in [0.5, 0.6) is 5.75 Å². The van der Waals surface area contributed by atoms with E-state index in [-0.39, 0.29) is 11.3 Å². The Kier molecular flexibility index (Phi) is 3.93. The Bertz CT molecular complexity index is 893. The number of hydrogen-bond acceptors (Lipinski definition) is 2. The Balaban J connectivity index is 1.99. The number of ether oxygens (including phenoxy) is 1. The monoisotopic (exact) mass is 313 g/mol. The van der Waals surface area contributed by atoms with Crippen LogP contribution in [0.2, 0.25) is 0 Å². The van der Waals surface area contributed by atoms with Crippen LogP contribution < -0.4 is 10.1 Å². The summed E-state index contributed by atoms with van der Waals surface area (Å²) < 4.78 is 31.9. The van der Waals surface area contributed by atoms with Gasteiger partial charge in [-0.1, -0.05) is 24.3 Å². The number of carbonyl (C=O) groups excluding carboxylic acids is 1. The molecule has 0 heterocycles. The first-order chi connectivity index (χ1) is 11.1. The minimum Gasteiger partial charge on any atom is -0.496 e. The molecule has 3 nitrogen and oxygen atoms in total. The topological polar surface area (TPSA) is 38.3 Å². The summed E-state index contributed by atoms with van der Waals surface area (Å²) in [7, 11) is 1.46. The molecule has 116 valence electrons. The van der Waals surface area contributed by atoms with E-state index in [1.165, 1.54) is 13.2 Å². The first-order valence-electron chi connectivity index (χ1n) is 6.91. The number of carbonyl (C=O) groups is 1. The van der Waals surface area contributed by atoms with Gasteiger partial charge in [-0.3, -0.25) is 4.79 Å². The van der Waals surface area contributed by atoms with E-state index in [0.717, 1.165) is 16.8 Å². The second kappa shape index (κ2) is 6.04. The van der Waals surface area contributed by atoms with Gasteiger partial charge in [0, 0.05) is 6.07 Å². The lowest BCUT2D eigenvalue weighted by atomic mass is 10.1. The summed E-state index contributed by atoms with van der Waals surface area (Å²) in [4.78, 5) is 12.4. The van der Waals surface area contributed by atoms with Crippen LogP contribution in [0.3, 0.4) is 0 Å². The fourth-order valence-electron chi connectivity index (χ4n) is 2.35. The Morgan fingerprint density at radius 2 is 1.70 bits per heavy atom. The number of anilines is 1. The molecule has 23 heavy (non-hydrogen) atoms. The summed E-state index contributed by atoms with van der Waals surface area (Å²) in [6, 6.07) is 13.9. The molecule has 0 aliphatic heterocycles. The summed E-state index contributed by atoms with van der Waals surface area (Å²) in [6.07, 6.45) is 0. The van der Waals surface area contributed by atoms with E-state index in [2.05, 4.69) is 5.32 Å². The maximum atomic E-state index is 13.7. The third-order valence-corrected chi connectivity index (χ3v) is 3.49. The summed E-state index contributed by atoms with van der Waals surface area (Å²) in [5.74, 6) is -1.69. The molecule has 0 fully saturated rings. The van der Waals surface area contributed by atoms with Crippen molar-refractivity contribution in [3.05, 3.63) is 71.8 Å². The molecule has 0 aromatic heterocycles. The predicted octanol–water partition coefficient (Wildman–Crippen LogP) is 4.38. The van der Waals surface area contributed by atoms with E-state index in [1.54, 1.807) is 12.1 Å². The van der Waals surface area contributed by atoms with E-state index >= 15 is 0 Å². The van der Waals surface area contributed by atoms with Crippen LogP contribution in [0.15, 0.2) is 54.6 Å². The van der Waals surface area contributed by atoms with Crippen LogP contribution in [-0.4, -0.2) is 13.0 Å². The summed E-state index contributed by atoms with van der Waals surface area (Å²) in [6.45, 7) is 0. The van der Waals surface area contributed by atoms with Crippen molar-refractivity contribution >= 4 is 22.4 Å². The normalized spacial score (nSPS) is 10.6. The van der Waals surface area contributed by atoms with E-state index in [1.807, 2.05) is 24.3 Å². The van der Waals surface area contributed by atoms with Crippen LogP contribution in [-0.2, 0) is 0 Å². The number of amides is 1. The molecule has 0 aliphatic carbocycles. The molecule has 0 unspecified atom stereocenters. The molecule has 5 heteroatoms. The summed E-state index contributed by atoms with van der Waals surface area (Å²) in [5.41, 5.74) is 0.182. The third kappa shape index (κ3) is 2.99. The van der Waals surface area contributed by atoms with Crippen LogP contribution >= 0.6 is 0 Å². The summed E-state index contributed by atoms with van der Waals surface area (Å²) in [5, 5.41) is 4.22. The lowest BCUT2D eigenvalue weighted by molar-refractivity contribution is 0.102. The highest BCUT2D eigenvalue weighted by atomic mass is 19.1. The number of hydrogen-bond donors (Lipinski definition) is 1.